The van der Waals surface area contributed by atoms with Crippen LogP contribution >= 0.6 is 0 Å². The predicted octanol–water partition coefficient (Wildman–Crippen LogP) is 4.23. The molecular weight excluding hydrogens is 441 g/mol. The molecular formula is C24H28FN5O4. The number of methoxy groups -OCH3 is 2. The maximum Gasteiger partial charge on any atom is 0.319 e. The summed E-state index contributed by atoms with van der Waals surface area (Å²) in [4.78, 5) is 20.5. The first-order chi connectivity index (χ1) is 16.5. The zero-order valence-corrected chi connectivity index (χ0v) is 19.2. The van der Waals surface area contributed by atoms with Crippen LogP contribution in [0.1, 0.15) is 19.3 Å². The summed E-state index contributed by atoms with van der Waals surface area (Å²) >= 11 is 0. The summed E-state index contributed by atoms with van der Waals surface area (Å²) in [7, 11) is 3.28. The van der Waals surface area contributed by atoms with Crippen molar-refractivity contribution < 1.29 is 23.4 Å². The number of anilines is 3. The highest BCUT2D eigenvalue weighted by atomic mass is 19.1. The fraction of sp³-hybridized carbons (Fsp3) is 0.375. The van der Waals surface area contributed by atoms with Crippen molar-refractivity contribution in [2.45, 2.75) is 24.9 Å². The minimum Gasteiger partial charge on any atom is -0.491 e. The lowest BCUT2D eigenvalue weighted by Gasteiger charge is -2.14. The average molecular weight is 470 g/mol. The zero-order valence-electron chi connectivity index (χ0n) is 19.2. The lowest BCUT2D eigenvalue weighted by molar-refractivity contribution is 0.0736. The van der Waals surface area contributed by atoms with Crippen molar-refractivity contribution in [2.24, 2.45) is 0 Å². The summed E-state index contributed by atoms with van der Waals surface area (Å²) in [6.07, 6.45) is 4.23. The third-order valence-electron chi connectivity index (χ3n) is 5.73. The van der Waals surface area contributed by atoms with Crippen molar-refractivity contribution in [2.75, 3.05) is 44.6 Å². The molecule has 4 rings (SSSR count). The minimum absolute atomic E-state index is 0.0517. The van der Waals surface area contributed by atoms with Gasteiger partial charge in [0.05, 0.1) is 23.1 Å². The fourth-order valence-electron chi connectivity index (χ4n) is 3.59. The average Bonchev–Trinajstić information content (AvgIpc) is 3.61. The van der Waals surface area contributed by atoms with Crippen molar-refractivity contribution in [1.29, 1.82) is 0 Å². The number of rotatable bonds is 11. The van der Waals surface area contributed by atoms with E-state index in [9.17, 15) is 9.18 Å². The Balaban J connectivity index is 1.37. The van der Waals surface area contributed by atoms with Gasteiger partial charge in [-0.1, -0.05) is 0 Å². The maximum atomic E-state index is 14.8. The molecule has 2 aromatic carbocycles. The summed E-state index contributed by atoms with van der Waals surface area (Å²) < 4.78 is 30.7. The number of nitrogens with one attached hydrogen (secondary N) is 3. The number of aromatic nitrogens is 2. The van der Waals surface area contributed by atoms with Crippen LogP contribution in [0.15, 0.2) is 42.7 Å². The van der Waals surface area contributed by atoms with Crippen LogP contribution in [-0.2, 0) is 9.47 Å². The van der Waals surface area contributed by atoms with Gasteiger partial charge < -0.3 is 30.2 Å². The van der Waals surface area contributed by atoms with E-state index in [-0.39, 0.29) is 17.0 Å². The minimum atomic E-state index is -0.496. The summed E-state index contributed by atoms with van der Waals surface area (Å²) in [5.74, 6) is 0.205. The van der Waals surface area contributed by atoms with Crippen LogP contribution in [0.25, 0.3) is 10.9 Å². The van der Waals surface area contributed by atoms with Crippen LogP contribution in [0.3, 0.4) is 0 Å². The smallest absolute Gasteiger partial charge is 0.319 e. The molecule has 34 heavy (non-hydrogen) atoms. The number of urea groups is 1. The van der Waals surface area contributed by atoms with E-state index >= 15 is 0 Å². The molecule has 0 radical (unpaired) electrons. The SMILES string of the molecule is COCCOc1cc(F)c2c(Nc3ccc(NC(=O)NCCC4(OC)CC4)cc3)ncnc2c1. The van der Waals surface area contributed by atoms with Gasteiger partial charge in [0, 0.05) is 44.3 Å². The third-order valence-corrected chi connectivity index (χ3v) is 5.73. The molecule has 180 valence electrons. The van der Waals surface area contributed by atoms with E-state index in [1.54, 1.807) is 44.6 Å². The second-order valence-electron chi connectivity index (χ2n) is 8.08. The van der Waals surface area contributed by atoms with Gasteiger partial charge in [0.15, 0.2) is 0 Å². The molecule has 0 aliphatic heterocycles. The van der Waals surface area contributed by atoms with Gasteiger partial charge in [-0.3, -0.25) is 0 Å². The molecule has 1 aliphatic rings. The first kappa shape index (κ1) is 23.7. The zero-order chi connectivity index (χ0) is 24.0. The van der Waals surface area contributed by atoms with Gasteiger partial charge in [-0.25, -0.2) is 19.2 Å². The standard InChI is InChI=1S/C24H28FN5O4/c1-32-11-12-34-18-13-19(25)21-20(14-18)27-15-28-22(21)29-16-3-5-17(6-4-16)30-23(31)26-10-9-24(33-2)7-8-24/h3-6,13-15H,7-12H2,1-2H3,(H2,26,30,31)(H,27,28,29). The lowest BCUT2D eigenvalue weighted by atomic mass is 10.2. The quantitative estimate of drug-likeness (QED) is 0.361. The number of hydrogen-bond donors (Lipinski definition) is 3. The predicted molar refractivity (Wildman–Crippen MR) is 127 cm³/mol. The topological polar surface area (TPSA) is 107 Å². The Morgan fingerprint density at radius 2 is 1.85 bits per heavy atom. The van der Waals surface area contributed by atoms with E-state index in [2.05, 4.69) is 25.9 Å². The highest BCUT2D eigenvalue weighted by Gasteiger charge is 2.42. The number of nitrogens with zero attached hydrogens (tertiary/aromatic N) is 2. The Labute approximate surface area is 197 Å². The molecule has 0 bridgehead atoms. The van der Waals surface area contributed by atoms with E-state index in [1.165, 1.54) is 12.4 Å². The Morgan fingerprint density at radius 1 is 1.09 bits per heavy atom. The molecule has 1 saturated carbocycles. The van der Waals surface area contributed by atoms with E-state index in [1.807, 2.05) is 0 Å². The molecule has 1 aromatic heterocycles. The second kappa shape index (κ2) is 10.6. The van der Waals surface area contributed by atoms with Crippen molar-refractivity contribution in [3.05, 3.63) is 48.5 Å². The molecule has 1 heterocycles. The van der Waals surface area contributed by atoms with E-state index in [4.69, 9.17) is 14.2 Å². The van der Waals surface area contributed by atoms with E-state index in [0.29, 0.717) is 48.2 Å². The Morgan fingerprint density at radius 3 is 2.56 bits per heavy atom. The van der Waals surface area contributed by atoms with Crippen molar-refractivity contribution in [1.82, 2.24) is 15.3 Å². The highest BCUT2D eigenvalue weighted by molar-refractivity contribution is 5.92. The van der Waals surface area contributed by atoms with Gasteiger partial charge in [-0.2, -0.15) is 0 Å². The summed E-state index contributed by atoms with van der Waals surface area (Å²) in [6, 6.07) is 9.73. The lowest BCUT2D eigenvalue weighted by Crippen LogP contribution is -2.32. The van der Waals surface area contributed by atoms with Crippen LogP contribution < -0.4 is 20.7 Å². The van der Waals surface area contributed by atoms with Gasteiger partial charge in [-0.15, -0.1) is 0 Å². The molecule has 0 saturated heterocycles. The highest BCUT2D eigenvalue weighted by Crippen LogP contribution is 2.41. The number of halogens is 1. The first-order valence-electron chi connectivity index (χ1n) is 11.0. The molecule has 2 amide bonds. The number of carbonyl (C=O) groups excluding carboxylic acids is 1. The van der Waals surface area contributed by atoms with Crippen molar-refractivity contribution in [3.63, 3.8) is 0 Å². The summed E-state index contributed by atoms with van der Waals surface area (Å²) in [5.41, 5.74) is 1.68. The van der Waals surface area contributed by atoms with Crippen molar-refractivity contribution in [3.8, 4) is 5.75 Å². The summed E-state index contributed by atoms with van der Waals surface area (Å²) in [5, 5.41) is 9.01. The molecule has 1 aliphatic carbocycles. The van der Waals surface area contributed by atoms with Gasteiger partial charge in [0.1, 0.15) is 30.3 Å². The second-order valence-corrected chi connectivity index (χ2v) is 8.08. The van der Waals surface area contributed by atoms with Gasteiger partial charge in [-0.05, 0) is 43.5 Å². The molecule has 0 atom stereocenters. The molecule has 3 aromatic rings. The fourth-order valence-corrected chi connectivity index (χ4v) is 3.59. The first-order valence-corrected chi connectivity index (χ1v) is 11.0. The van der Waals surface area contributed by atoms with Crippen molar-refractivity contribution >= 4 is 34.1 Å². The molecule has 0 spiro atoms. The number of carbonyl (C=O) groups is 1. The van der Waals surface area contributed by atoms with Crippen LogP contribution in [0.4, 0.5) is 26.4 Å². The number of hydrogen-bond acceptors (Lipinski definition) is 7. The van der Waals surface area contributed by atoms with Gasteiger partial charge >= 0.3 is 6.03 Å². The molecule has 1 fully saturated rings. The van der Waals surface area contributed by atoms with Crippen LogP contribution in [-0.4, -0.2) is 55.6 Å². The molecule has 10 heteroatoms. The Hall–Kier alpha value is -3.50. The Bertz CT molecular complexity index is 1140. The third kappa shape index (κ3) is 5.89. The summed E-state index contributed by atoms with van der Waals surface area (Å²) in [6.45, 7) is 1.26. The maximum absolute atomic E-state index is 14.8. The molecule has 9 nitrogen and oxygen atoms in total. The number of benzene rings is 2. The normalized spacial score (nSPS) is 14.0. The number of ether oxygens (including phenoxy) is 3. The van der Waals surface area contributed by atoms with Crippen LogP contribution in [0, 0.1) is 5.82 Å². The molecule has 3 N–H and O–H groups in total. The van der Waals surface area contributed by atoms with Crippen LogP contribution in [0.5, 0.6) is 5.75 Å². The number of fused-ring (bicyclic) bond motifs is 1. The van der Waals surface area contributed by atoms with Gasteiger partial charge in [0.25, 0.3) is 0 Å². The Kier molecular flexibility index (Phi) is 7.39. The van der Waals surface area contributed by atoms with Gasteiger partial charge in [0.2, 0.25) is 0 Å². The molecule has 0 unspecified atom stereocenters. The largest absolute Gasteiger partial charge is 0.491 e. The van der Waals surface area contributed by atoms with E-state index < -0.39 is 5.82 Å². The number of amides is 2. The van der Waals surface area contributed by atoms with Crippen LogP contribution in [0.2, 0.25) is 0 Å². The monoisotopic (exact) mass is 469 g/mol. The van der Waals surface area contributed by atoms with E-state index in [0.717, 1.165) is 19.3 Å².